The van der Waals surface area contributed by atoms with Crippen molar-refractivity contribution < 1.29 is 37.9 Å². The summed E-state index contributed by atoms with van der Waals surface area (Å²) < 4.78 is 9.23. The lowest BCUT2D eigenvalue weighted by Crippen LogP contribution is -3.00. The Morgan fingerprint density at radius 2 is 1.78 bits per heavy atom. The quantitative estimate of drug-likeness (QED) is 0.191. The fourth-order valence-electron chi connectivity index (χ4n) is 2.76. The van der Waals surface area contributed by atoms with E-state index in [0.29, 0.717) is 5.76 Å². The van der Waals surface area contributed by atoms with Crippen LogP contribution in [0.1, 0.15) is 10.8 Å². The fourth-order valence-corrected chi connectivity index (χ4v) is 3.82. The SMILES string of the molecule is C[n+]1c(/C=C/c2ccc(-c3ccc([N+](=O)[O-])cc3)o2)sc2ccccc21.[I-]. The molecule has 0 fully saturated rings. The smallest absolute Gasteiger partial charge is 0.269 e. The van der Waals surface area contributed by atoms with Crippen LogP contribution in [0.3, 0.4) is 0 Å². The molecule has 7 heteroatoms. The van der Waals surface area contributed by atoms with E-state index >= 15 is 0 Å². The summed E-state index contributed by atoms with van der Waals surface area (Å²) in [5.41, 5.74) is 2.07. The molecule has 2 aromatic heterocycles. The summed E-state index contributed by atoms with van der Waals surface area (Å²) in [5.74, 6) is 1.41. The summed E-state index contributed by atoms with van der Waals surface area (Å²) in [6, 6.07) is 18.4. The molecule has 136 valence electrons. The van der Waals surface area contributed by atoms with E-state index in [1.807, 2.05) is 43.5 Å². The van der Waals surface area contributed by atoms with E-state index in [9.17, 15) is 10.1 Å². The molecule has 27 heavy (non-hydrogen) atoms. The van der Waals surface area contributed by atoms with E-state index in [4.69, 9.17) is 4.42 Å². The molecular formula is C20H15IN2O3S. The van der Waals surface area contributed by atoms with Gasteiger partial charge in [-0.05, 0) is 36.4 Å². The summed E-state index contributed by atoms with van der Waals surface area (Å²) in [6.45, 7) is 0. The molecule has 0 amide bonds. The van der Waals surface area contributed by atoms with Crippen LogP contribution in [0.4, 0.5) is 5.69 Å². The molecule has 0 saturated carbocycles. The number of fused-ring (bicyclic) bond motifs is 1. The largest absolute Gasteiger partial charge is 1.00 e. The number of non-ortho nitro benzene ring substituents is 1. The van der Waals surface area contributed by atoms with E-state index in [-0.39, 0.29) is 29.7 Å². The summed E-state index contributed by atoms with van der Waals surface area (Å²) in [5, 5.41) is 11.9. The van der Waals surface area contributed by atoms with Gasteiger partial charge in [-0.25, -0.2) is 0 Å². The molecule has 2 heterocycles. The number of aryl methyl sites for hydroxylation is 1. The molecule has 0 bridgehead atoms. The highest BCUT2D eigenvalue weighted by Gasteiger charge is 2.13. The first-order chi connectivity index (χ1) is 12.6. The Morgan fingerprint density at radius 1 is 1.04 bits per heavy atom. The van der Waals surface area contributed by atoms with Crippen molar-refractivity contribution in [1.82, 2.24) is 0 Å². The van der Waals surface area contributed by atoms with Crippen LogP contribution in [0.5, 0.6) is 0 Å². The summed E-state index contributed by atoms with van der Waals surface area (Å²) >= 11 is 1.72. The van der Waals surface area contributed by atoms with Crippen molar-refractivity contribution in [1.29, 1.82) is 0 Å². The molecule has 0 aliphatic heterocycles. The van der Waals surface area contributed by atoms with Gasteiger partial charge in [0.2, 0.25) is 5.52 Å². The van der Waals surface area contributed by atoms with Gasteiger partial charge in [-0.1, -0.05) is 23.5 Å². The highest BCUT2D eigenvalue weighted by atomic mass is 127. The molecule has 0 N–H and O–H groups in total. The van der Waals surface area contributed by atoms with Crippen molar-refractivity contribution in [2.45, 2.75) is 0 Å². The zero-order valence-corrected chi connectivity index (χ0v) is 17.3. The van der Waals surface area contributed by atoms with Gasteiger partial charge < -0.3 is 28.4 Å². The van der Waals surface area contributed by atoms with Gasteiger partial charge in [-0.15, -0.1) is 0 Å². The molecule has 0 aliphatic rings. The fraction of sp³-hybridized carbons (Fsp3) is 0.0500. The Balaban J connectivity index is 0.00000210. The number of nitrogens with zero attached hydrogens (tertiary/aromatic N) is 2. The maximum absolute atomic E-state index is 10.7. The molecule has 0 unspecified atom stereocenters. The van der Waals surface area contributed by atoms with Crippen LogP contribution in [0.15, 0.2) is 65.1 Å². The van der Waals surface area contributed by atoms with Crippen LogP contribution in [-0.4, -0.2) is 4.92 Å². The number of rotatable bonds is 4. The predicted molar refractivity (Wildman–Crippen MR) is 103 cm³/mol. The summed E-state index contributed by atoms with van der Waals surface area (Å²) in [7, 11) is 2.04. The molecule has 4 rings (SSSR count). The van der Waals surface area contributed by atoms with Crippen LogP contribution in [0.25, 0.3) is 33.7 Å². The van der Waals surface area contributed by atoms with Gasteiger partial charge in [0.15, 0.2) is 0 Å². The number of benzene rings is 2. The third kappa shape index (κ3) is 3.93. The van der Waals surface area contributed by atoms with Crippen molar-refractivity contribution >= 4 is 39.4 Å². The van der Waals surface area contributed by atoms with Crippen molar-refractivity contribution in [3.63, 3.8) is 0 Å². The first-order valence-corrected chi connectivity index (χ1v) is 8.84. The zero-order valence-electron chi connectivity index (χ0n) is 14.3. The Morgan fingerprint density at radius 3 is 2.48 bits per heavy atom. The highest BCUT2D eigenvalue weighted by molar-refractivity contribution is 7.18. The first kappa shape index (κ1) is 19.2. The topological polar surface area (TPSA) is 60.2 Å². The lowest BCUT2D eigenvalue weighted by Gasteiger charge is -1.96. The third-order valence-electron chi connectivity index (χ3n) is 4.15. The van der Waals surface area contributed by atoms with Crippen molar-refractivity contribution in [2.24, 2.45) is 7.05 Å². The number of hydrogen-bond acceptors (Lipinski definition) is 4. The van der Waals surface area contributed by atoms with E-state index < -0.39 is 4.92 Å². The maximum atomic E-state index is 10.7. The molecular weight excluding hydrogens is 475 g/mol. The van der Waals surface area contributed by atoms with Crippen LogP contribution in [0, 0.1) is 10.1 Å². The second-order valence-electron chi connectivity index (χ2n) is 5.81. The van der Waals surface area contributed by atoms with E-state index in [1.165, 1.54) is 22.3 Å². The number of thiazole rings is 1. The van der Waals surface area contributed by atoms with E-state index in [2.05, 4.69) is 16.7 Å². The average Bonchev–Trinajstić information content (AvgIpc) is 3.25. The second kappa shape index (κ2) is 8.01. The van der Waals surface area contributed by atoms with E-state index in [1.54, 1.807) is 23.5 Å². The monoisotopic (exact) mass is 490 g/mol. The Bertz CT molecular complexity index is 1130. The minimum Gasteiger partial charge on any atom is -1.00 e. The van der Waals surface area contributed by atoms with Crippen molar-refractivity contribution in [3.8, 4) is 11.3 Å². The van der Waals surface area contributed by atoms with Gasteiger partial charge >= 0.3 is 0 Å². The second-order valence-corrected chi connectivity index (χ2v) is 6.87. The molecule has 0 saturated heterocycles. The van der Waals surface area contributed by atoms with Crippen molar-refractivity contribution in [3.05, 3.63) is 81.5 Å². The lowest BCUT2D eigenvalue weighted by molar-refractivity contribution is -0.642. The van der Waals surface area contributed by atoms with Crippen LogP contribution in [0.2, 0.25) is 0 Å². The number of nitro groups is 1. The standard InChI is InChI=1S/C20H15N2O3S.HI/c1-21-17-4-2-3-5-19(17)26-20(21)13-11-16-10-12-18(25-16)14-6-8-15(9-7-14)22(23)24;/h2-13H,1H3;1H/q+1;/p-1/b13-11+;. The number of halogens is 1. The lowest BCUT2D eigenvalue weighted by atomic mass is 10.1. The summed E-state index contributed by atoms with van der Waals surface area (Å²) in [4.78, 5) is 10.3. The van der Waals surface area contributed by atoms with E-state index in [0.717, 1.165) is 16.3 Å². The maximum Gasteiger partial charge on any atom is 0.269 e. The Labute approximate surface area is 176 Å². The first-order valence-electron chi connectivity index (χ1n) is 8.02. The number of hydrogen-bond donors (Lipinski definition) is 0. The molecule has 0 radical (unpaired) electrons. The third-order valence-corrected chi connectivity index (χ3v) is 5.34. The number of para-hydroxylation sites is 1. The molecule has 0 spiro atoms. The van der Waals surface area contributed by atoms with Gasteiger partial charge in [0.1, 0.15) is 23.3 Å². The molecule has 4 aromatic rings. The van der Waals surface area contributed by atoms with Gasteiger partial charge in [0.05, 0.1) is 4.92 Å². The van der Waals surface area contributed by atoms with Crippen LogP contribution >= 0.6 is 11.3 Å². The van der Waals surface area contributed by atoms with Gasteiger partial charge in [-0.3, -0.25) is 10.1 Å². The Kier molecular flexibility index (Phi) is 5.71. The molecule has 0 aliphatic carbocycles. The van der Waals surface area contributed by atoms with Crippen LogP contribution < -0.4 is 28.5 Å². The minimum absolute atomic E-state index is 0. The molecule has 0 atom stereocenters. The van der Waals surface area contributed by atoms with Gasteiger partial charge in [0.25, 0.3) is 10.7 Å². The average molecular weight is 490 g/mol. The van der Waals surface area contributed by atoms with Crippen LogP contribution in [-0.2, 0) is 7.05 Å². The highest BCUT2D eigenvalue weighted by Crippen LogP contribution is 2.26. The minimum atomic E-state index is -0.412. The number of furan rings is 1. The predicted octanol–water partition coefficient (Wildman–Crippen LogP) is 2.07. The van der Waals surface area contributed by atoms with Gasteiger partial charge in [0, 0.05) is 29.8 Å². The summed E-state index contributed by atoms with van der Waals surface area (Å²) in [6.07, 6.45) is 3.96. The van der Waals surface area contributed by atoms with Crippen molar-refractivity contribution in [2.75, 3.05) is 0 Å². The zero-order chi connectivity index (χ0) is 18.1. The molecule has 2 aromatic carbocycles. The van der Waals surface area contributed by atoms with Gasteiger partial charge in [-0.2, -0.15) is 4.57 Å². The number of nitro benzene ring substituents is 1. The Hall–Kier alpha value is -2.52. The molecule has 5 nitrogen and oxygen atoms in total. The normalized spacial score (nSPS) is 11.0. The number of aromatic nitrogens is 1.